The molecule has 0 aliphatic carbocycles. The van der Waals surface area contributed by atoms with E-state index in [4.69, 9.17) is 14.7 Å². The zero-order valence-corrected chi connectivity index (χ0v) is 16.2. The van der Waals surface area contributed by atoms with Crippen molar-refractivity contribution in [3.63, 3.8) is 0 Å². The van der Waals surface area contributed by atoms with E-state index in [1.807, 2.05) is 54.9 Å². The maximum absolute atomic E-state index is 6.05. The standard InChI is InChI=1S/C20H15N7OS/c1-27-16(21-12-23-27)11-28-20-19(15-8-5-9-29-15)24-14-10-22-26-17(18(14)25-20)13-6-3-2-4-7-13/h2-10,12H,11H2,1H3. The first-order valence-electron chi connectivity index (χ1n) is 8.88. The molecule has 0 saturated carbocycles. The lowest BCUT2D eigenvalue weighted by molar-refractivity contribution is 0.280. The summed E-state index contributed by atoms with van der Waals surface area (Å²) in [6.07, 6.45) is 3.12. The van der Waals surface area contributed by atoms with Crippen LogP contribution in [0.1, 0.15) is 5.82 Å². The lowest BCUT2D eigenvalue weighted by Crippen LogP contribution is -2.07. The van der Waals surface area contributed by atoms with Crippen molar-refractivity contribution in [1.29, 1.82) is 0 Å². The van der Waals surface area contributed by atoms with Gasteiger partial charge in [0.25, 0.3) is 0 Å². The molecule has 142 valence electrons. The first kappa shape index (κ1) is 17.4. The average molecular weight is 401 g/mol. The maximum Gasteiger partial charge on any atom is 0.242 e. The molecule has 29 heavy (non-hydrogen) atoms. The lowest BCUT2D eigenvalue weighted by Gasteiger charge is -2.11. The second-order valence-electron chi connectivity index (χ2n) is 6.24. The molecule has 0 amide bonds. The van der Waals surface area contributed by atoms with Crippen LogP contribution in [-0.2, 0) is 13.7 Å². The topological polar surface area (TPSA) is 91.5 Å². The fourth-order valence-electron chi connectivity index (χ4n) is 2.93. The Morgan fingerprint density at radius 3 is 2.69 bits per heavy atom. The quantitative estimate of drug-likeness (QED) is 0.445. The predicted molar refractivity (Wildman–Crippen MR) is 109 cm³/mol. The Hall–Kier alpha value is -3.72. The van der Waals surface area contributed by atoms with E-state index in [-0.39, 0.29) is 6.61 Å². The van der Waals surface area contributed by atoms with Crippen LogP contribution in [0.3, 0.4) is 0 Å². The van der Waals surface area contributed by atoms with Crippen molar-refractivity contribution >= 4 is 22.4 Å². The molecular weight excluding hydrogens is 386 g/mol. The second kappa shape index (κ2) is 7.36. The molecule has 0 unspecified atom stereocenters. The van der Waals surface area contributed by atoms with E-state index in [1.165, 1.54) is 6.33 Å². The van der Waals surface area contributed by atoms with Crippen LogP contribution in [0.4, 0.5) is 0 Å². The van der Waals surface area contributed by atoms with Crippen molar-refractivity contribution in [3.8, 4) is 27.7 Å². The summed E-state index contributed by atoms with van der Waals surface area (Å²) in [5.74, 6) is 1.12. The van der Waals surface area contributed by atoms with Crippen molar-refractivity contribution in [3.05, 3.63) is 66.2 Å². The summed E-state index contributed by atoms with van der Waals surface area (Å²) in [4.78, 5) is 14.8. The minimum atomic E-state index is 0.230. The minimum Gasteiger partial charge on any atom is -0.468 e. The third-order valence-corrected chi connectivity index (χ3v) is 5.27. The summed E-state index contributed by atoms with van der Waals surface area (Å²) in [7, 11) is 1.82. The number of aromatic nitrogens is 7. The van der Waals surface area contributed by atoms with Crippen molar-refractivity contribution in [2.45, 2.75) is 6.61 Å². The van der Waals surface area contributed by atoms with Crippen molar-refractivity contribution in [1.82, 2.24) is 34.9 Å². The van der Waals surface area contributed by atoms with Crippen LogP contribution in [0.2, 0.25) is 0 Å². The lowest BCUT2D eigenvalue weighted by atomic mass is 10.1. The number of nitrogens with zero attached hydrogens (tertiary/aromatic N) is 7. The fourth-order valence-corrected chi connectivity index (χ4v) is 3.64. The molecule has 0 aliphatic rings. The number of hydrogen-bond donors (Lipinski definition) is 0. The van der Waals surface area contributed by atoms with Gasteiger partial charge in [-0.05, 0) is 11.4 Å². The molecule has 4 heterocycles. The third kappa shape index (κ3) is 3.32. The largest absolute Gasteiger partial charge is 0.468 e. The molecule has 0 N–H and O–H groups in total. The van der Waals surface area contributed by atoms with Crippen LogP contribution < -0.4 is 4.74 Å². The van der Waals surface area contributed by atoms with Crippen LogP contribution in [-0.4, -0.2) is 34.9 Å². The van der Waals surface area contributed by atoms with Crippen LogP contribution in [0.15, 0.2) is 60.4 Å². The number of hydrogen-bond acceptors (Lipinski definition) is 8. The molecule has 0 fully saturated rings. The highest BCUT2D eigenvalue weighted by atomic mass is 32.1. The monoisotopic (exact) mass is 401 g/mol. The summed E-state index contributed by atoms with van der Waals surface area (Å²) in [5.41, 5.74) is 3.55. The Bertz CT molecular complexity index is 1270. The first-order chi connectivity index (χ1) is 14.3. The van der Waals surface area contributed by atoms with Gasteiger partial charge in [0, 0.05) is 12.6 Å². The summed E-state index contributed by atoms with van der Waals surface area (Å²) >= 11 is 1.57. The number of aryl methyl sites for hydroxylation is 1. The third-order valence-electron chi connectivity index (χ3n) is 4.40. The Kier molecular flexibility index (Phi) is 4.41. The van der Waals surface area contributed by atoms with Gasteiger partial charge in [0.15, 0.2) is 5.82 Å². The van der Waals surface area contributed by atoms with Gasteiger partial charge in [0.1, 0.15) is 35.4 Å². The number of ether oxygens (including phenoxy) is 1. The summed E-state index contributed by atoms with van der Waals surface area (Å²) in [5, 5.41) is 14.5. The summed E-state index contributed by atoms with van der Waals surface area (Å²) in [6, 6.07) is 13.8. The van der Waals surface area contributed by atoms with E-state index in [9.17, 15) is 0 Å². The Labute approximate surface area is 169 Å². The molecule has 0 saturated heterocycles. The van der Waals surface area contributed by atoms with Crippen molar-refractivity contribution in [2.24, 2.45) is 7.05 Å². The van der Waals surface area contributed by atoms with E-state index in [2.05, 4.69) is 20.3 Å². The van der Waals surface area contributed by atoms with Crippen LogP contribution >= 0.6 is 11.3 Å². The van der Waals surface area contributed by atoms with Gasteiger partial charge in [-0.25, -0.2) is 15.0 Å². The molecule has 0 radical (unpaired) electrons. The van der Waals surface area contributed by atoms with E-state index in [0.717, 1.165) is 10.4 Å². The molecule has 8 nitrogen and oxygen atoms in total. The van der Waals surface area contributed by atoms with Gasteiger partial charge < -0.3 is 4.74 Å². The van der Waals surface area contributed by atoms with Gasteiger partial charge in [0.05, 0.1) is 11.1 Å². The number of thiophene rings is 1. The van der Waals surface area contributed by atoms with Crippen LogP contribution in [0, 0.1) is 0 Å². The van der Waals surface area contributed by atoms with E-state index >= 15 is 0 Å². The first-order valence-corrected chi connectivity index (χ1v) is 9.76. The zero-order valence-electron chi connectivity index (χ0n) is 15.4. The Morgan fingerprint density at radius 1 is 1.03 bits per heavy atom. The van der Waals surface area contributed by atoms with Crippen molar-refractivity contribution in [2.75, 3.05) is 0 Å². The van der Waals surface area contributed by atoms with Gasteiger partial charge in [-0.3, -0.25) is 4.68 Å². The fraction of sp³-hybridized carbons (Fsp3) is 0.100. The van der Waals surface area contributed by atoms with Gasteiger partial charge >= 0.3 is 0 Å². The number of benzene rings is 1. The zero-order chi connectivity index (χ0) is 19.6. The molecule has 5 aromatic rings. The molecule has 0 bridgehead atoms. The van der Waals surface area contributed by atoms with Gasteiger partial charge in [-0.2, -0.15) is 10.2 Å². The van der Waals surface area contributed by atoms with E-state index < -0.39 is 0 Å². The maximum atomic E-state index is 6.05. The SMILES string of the molecule is Cn1ncnc1COc1nc2c(-c3ccccc3)nncc2nc1-c1cccs1. The molecule has 0 aliphatic heterocycles. The molecule has 0 spiro atoms. The van der Waals surface area contributed by atoms with Gasteiger partial charge in [-0.15, -0.1) is 16.4 Å². The number of fused-ring (bicyclic) bond motifs is 1. The van der Waals surface area contributed by atoms with Crippen LogP contribution in [0.25, 0.3) is 32.9 Å². The van der Waals surface area contributed by atoms with Crippen molar-refractivity contribution < 1.29 is 4.74 Å². The predicted octanol–water partition coefficient (Wildman–Crippen LogP) is 3.52. The van der Waals surface area contributed by atoms with Gasteiger partial charge in [-0.1, -0.05) is 36.4 Å². The molecule has 4 aromatic heterocycles. The Morgan fingerprint density at radius 2 is 1.93 bits per heavy atom. The molecule has 1 aromatic carbocycles. The van der Waals surface area contributed by atoms with E-state index in [1.54, 1.807) is 22.2 Å². The highest BCUT2D eigenvalue weighted by Crippen LogP contribution is 2.34. The minimum absolute atomic E-state index is 0.230. The highest BCUT2D eigenvalue weighted by molar-refractivity contribution is 7.13. The summed E-state index contributed by atoms with van der Waals surface area (Å²) in [6.45, 7) is 0.230. The molecule has 0 atom stereocenters. The van der Waals surface area contributed by atoms with E-state index in [0.29, 0.717) is 34.1 Å². The van der Waals surface area contributed by atoms with Crippen LogP contribution in [0.5, 0.6) is 5.88 Å². The van der Waals surface area contributed by atoms with Gasteiger partial charge in [0.2, 0.25) is 5.88 Å². The smallest absolute Gasteiger partial charge is 0.242 e. The second-order valence-corrected chi connectivity index (χ2v) is 7.18. The average Bonchev–Trinajstić information content (AvgIpc) is 3.44. The normalized spacial score (nSPS) is 11.1. The molecule has 9 heteroatoms. The summed E-state index contributed by atoms with van der Waals surface area (Å²) < 4.78 is 7.71. The Balaban J connectivity index is 1.65. The number of rotatable bonds is 5. The molecular formula is C20H15N7OS. The highest BCUT2D eigenvalue weighted by Gasteiger charge is 2.18. The molecule has 5 rings (SSSR count).